The Bertz CT molecular complexity index is 434. The van der Waals surface area contributed by atoms with E-state index in [2.05, 4.69) is 15.5 Å². The number of aromatic nitrogens is 2. The lowest BCUT2D eigenvalue weighted by atomic mass is 10.0. The highest BCUT2D eigenvalue weighted by Gasteiger charge is 2.40. The maximum atomic E-state index is 12.5. The summed E-state index contributed by atoms with van der Waals surface area (Å²) in [6.45, 7) is 6.68. The number of rotatable bonds is 1. The molecule has 2 aliphatic rings. The molecule has 3 rings (SSSR count). The van der Waals surface area contributed by atoms with E-state index in [-0.39, 0.29) is 5.91 Å². The van der Waals surface area contributed by atoms with E-state index in [1.54, 1.807) is 0 Å². The van der Waals surface area contributed by atoms with Gasteiger partial charge in [-0.1, -0.05) is 0 Å². The fraction of sp³-hybridized carbons (Fsp3) is 0.667. The van der Waals surface area contributed by atoms with Gasteiger partial charge in [-0.2, -0.15) is 5.10 Å². The molecule has 2 atom stereocenters. The predicted molar refractivity (Wildman–Crippen MR) is 63.9 cm³/mol. The predicted octanol–water partition coefficient (Wildman–Crippen LogP) is 0.460. The van der Waals surface area contributed by atoms with Gasteiger partial charge >= 0.3 is 0 Å². The summed E-state index contributed by atoms with van der Waals surface area (Å²) in [6, 6.07) is 0.385. The van der Waals surface area contributed by atoms with E-state index in [4.69, 9.17) is 0 Å². The van der Waals surface area contributed by atoms with Gasteiger partial charge < -0.3 is 10.2 Å². The molecule has 1 aromatic heterocycles. The molecular formula is C12H18N4O. The van der Waals surface area contributed by atoms with Crippen LogP contribution in [0.3, 0.4) is 0 Å². The van der Waals surface area contributed by atoms with Crippen LogP contribution < -0.4 is 5.32 Å². The van der Waals surface area contributed by atoms with E-state index in [1.807, 2.05) is 18.7 Å². The Hall–Kier alpha value is -1.36. The van der Waals surface area contributed by atoms with Crippen LogP contribution in [0.5, 0.6) is 0 Å². The summed E-state index contributed by atoms with van der Waals surface area (Å²) in [5, 5.41) is 10.4. The molecule has 3 heterocycles. The smallest absolute Gasteiger partial charge is 0.257 e. The second kappa shape index (κ2) is 3.84. The highest BCUT2D eigenvalue weighted by molar-refractivity contribution is 5.96. The molecule has 0 aliphatic carbocycles. The molecular weight excluding hydrogens is 216 g/mol. The number of carbonyl (C=O) groups is 1. The molecule has 2 N–H and O–H groups in total. The zero-order valence-electron chi connectivity index (χ0n) is 10.3. The van der Waals surface area contributed by atoms with Crippen LogP contribution in [-0.2, 0) is 0 Å². The molecule has 5 heteroatoms. The van der Waals surface area contributed by atoms with Crippen molar-refractivity contribution in [3.8, 4) is 0 Å². The van der Waals surface area contributed by atoms with Crippen LogP contribution in [-0.4, -0.2) is 46.7 Å². The molecule has 0 unspecified atom stereocenters. The number of fused-ring (bicyclic) bond motifs is 1. The number of likely N-dealkylation sites (tertiary alicyclic amines) is 1. The second-order valence-corrected chi connectivity index (χ2v) is 5.08. The van der Waals surface area contributed by atoms with Crippen LogP contribution in [0.2, 0.25) is 0 Å². The summed E-state index contributed by atoms with van der Waals surface area (Å²) in [7, 11) is 0. The topological polar surface area (TPSA) is 61.0 Å². The van der Waals surface area contributed by atoms with Gasteiger partial charge in [-0.3, -0.25) is 9.89 Å². The number of amides is 1. The van der Waals surface area contributed by atoms with Crippen molar-refractivity contribution in [1.82, 2.24) is 20.4 Å². The lowest BCUT2D eigenvalue weighted by Crippen LogP contribution is -2.39. The largest absolute Gasteiger partial charge is 0.334 e. The van der Waals surface area contributed by atoms with E-state index < -0.39 is 0 Å². The Morgan fingerprint density at radius 2 is 2.24 bits per heavy atom. The number of nitrogens with one attached hydrogen (secondary N) is 2. The average Bonchev–Trinajstić information content (AvgIpc) is 2.93. The van der Waals surface area contributed by atoms with Crippen molar-refractivity contribution >= 4 is 5.91 Å². The zero-order chi connectivity index (χ0) is 12.0. The first-order chi connectivity index (χ1) is 8.18. The van der Waals surface area contributed by atoms with Crippen molar-refractivity contribution in [1.29, 1.82) is 0 Å². The summed E-state index contributed by atoms with van der Waals surface area (Å²) in [5.41, 5.74) is 2.45. The fourth-order valence-corrected chi connectivity index (χ4v) is 3.11. The lowest BCUT2D eigenvalue weighted by molar-refractivity contribution is 0.0735. The third-order valence-electron chi connectivity index (χ3n) is 4.05. The number of aryl methyl sites for hydroxylation is 2. The SMILES string of the molecule is Cc1n[nH]c(C)c1C(=O)N1CC[C@H]2CNC[C@H]21. The lowest BCUT2D eigenvalue weighted by Gasteiger charge is -2.23. The molecule has 17 heavy (non-hydrogen) atoms. The van der Waals surface area contributed by atoms with E-state index in [9.17, 15) is 4.79 Å². The number of hydrogen-bond acceptors (Lipinski definition) is 3. The fourth-order valence-electron chi connectivity index (χ4n) is 3.11. The summed E-state index contributed by atoms with van der Waals surface area (Å²) >= 11 is 0. The Balaban J connectivity index is 1.88. The van der Waals surface area contributed by atoms with Gasteiger partial charge in [-0.15, -0.1) is 0 Å². The minimum atomic E-state index is 0.143. The monoisotopic (exact) mass is 234 g/mol. The molecule has 0 spiro atoms. The number of hydrogen-bond donors (Lipinski definition) is 2. The maximum Gasteiger partial charge on any atom is 0.257 e. The summed E-state index contributed by atoms with van der Waals surface area (Å²) in [6.07, 6.45) is 1.12. The van der Waals surface area contributed by atoms with Crippen LogP contribution >= 0.6 is 0 Å². The van der Waals surface area contributed by atoms with Crippen LogP contribution in [0.15, 0.2) is 0 Å². The van der Waals surface area contributed by atoms with Gasteiger partial charge in [0.05, 0.1) is 11.3 Å². The minimum Gasteiger partial charge on any atom is -0.334 e. The van der Waals surface area contributed by atoms with Crippen LogP contribution in [0.25, 0.3) is 0 Å². The number of aromatic amines is 1. The van der Waals surface area contributed by atoms with Gasteiger partial charge in [-0.25, -0.2) is 0 Å². The Morgan fingerprint density at radius 1 is 1.41 bits per heavy atom. The first kappa shape index (κ1) is 10.8. The van der Waals surface area contributed by atoms with Gasteiger partial charge in [0.2, 0.25) is 0 Å². The number of nitrogens with zero attached hydrogens (tertiary/aromatic N) is 2. The molecule has 1 amide bonds. The van der Waals surface area contributed by atoms with Crippen molar-refractivity contribution < 1.29 is 4.79 Å². The molecule has 2 saturated heterocycles. The van der Waals surface area contributed by atoms with E-state index >= 15 is 0 Å². The third-order valence-corrected chi connectivity index (χ3v) is 4.05. The quantitative estimate of drug-likeness (QED) is 0.742. The molecule has 0 radical (unpaired) electrons. The van der Waals surface area contributed by atoms with Gasteiger partial charge in [0.15, 0.2) is 0 Å². The van der Waals surface area contributed by atoms with Gasteiger partial charge in [-0.05, 0) is 26.2 Å². The van der Waals surface area contributed by atoms with Crippen LogP contribution in [0, 0.1) is 19.8 Å². The standard InChI is InChI=1S/C12H18N4O/c1-7-11(8(2)15-14-7)12(17)16-4-3-9-5-13-6-10(9)16/h9-10,13H,3-6H2,1-2H3,(H,14,15)/t9-,10+/m0/s1. The zero-order valence-corrected chi connectivity index (χ0v) is 10.3. The van der Waals surface area contributed by atoms with Gasteiger partial charge in [0, 0.05) is 31.4 Å². The highest BCUT2D eigenvalue weighted by Crippen LogP contribution is 2.29. The molecule has 1 aromatic rings. The Labute approximate surface area is 101 Å². The molecule has 0 saturated carbocycles. The molecule has 2 aliphatic heterocycles. The number of carbonyl (C=O) groups excluding carboxylic acids is 1. The normalized spacial score (nSPS) is 27.5. The summed E-state index contributed by atoms with van der Waals surface area (Å²) in [4.78, 5) is 14.6. The highest BCUT2D eigenvalue weighted by atomic mass is 16.2. The third kappa shape index (κ3) is 1.57. The average molecular weight is 234 g/mol. The summed E-state index contributed by atoms with van der Waals surface area (Å²) in [5.74, 6) is 0.788. The first-order valence-electron chi connectivity index (χ1n) is 6.21. The Morgan fingerprint density at radius 3 is 2.94 bits per heavy atom. The van der Waals surface area contributed by atoms with Crippen molar-refractivity contribution in [3.05, 3.63) is 17.0 Å². The Kier molecular flexibility index (Phi) is 2.43. The second-order valence-electron chi connectivity index (χ2n) is 5.08. The van der Waals surface area contributed by atoms with E-state index in [0.29, 0.717) is 12.0 Å². The van der Waals surface area contributed by atoms with E-state index in [0.717, 1.165) is 43.0 Å². The molecule has 2 fully saturated rings. The van der Waals surface area contributed by atoms with Crippen LogP contribution in [0.1, 0.15) is 28.2 Å². The van der Waals surface area contributed by atoms with Crippen molar-refractivity contribution in [2.45, 2.75) is 26.3 Å². The first-order valence-corrected chi connectivity index (χ1v) is 6.21. The van der Waals surface area contributed by atoms with Gasteiger partial charge in [0.1, 0.15) is 0 Å². The van der Waals surface area contributed by atoms with Crippen molar-refractivity contribution in [3.63, 3.8) is 0 Å². The van der Waals surface area contributed by atoms with Gasteiger partial charge in [0.25, 0.3) is 5.91 Å². The van der Waals surface area contributed by atoms with E-state index in [1.165, 1.54) is 0 Å². The van der Waals surface area contributed by atoms with Crippen molar-refractivity contribution in [2.24, 2.45) is 5.92 Å². The molecule has 5 nitrogen and oxygen atoms in total. The minimum absolute atomic E-state index is 0.143. The molecule has 0 bridgehead atoms. The maximum absolute atomic E-state index is 12.5. The van der Waals surface area contributed by atoms with Crippen LogP contribution in [0.4, 0.5) is 0 Å². The number of H-pyrrole nitrogens is 1. The summed E-state index contributed by atoms with van der Waals surface area (Å²) < 4.78 is 0. The molecule has 92 valence electrons. The molecule has 0 aromatic carbocycles. The van der Waals surface area contributed by atoms with Crippen molar-refractivity contribution in [2.75, 3.05) is 19.6 Å².